The number of anilines is 2. The van der Waals surface area contributed by atoms with Crippen molar-refractivity contribution < 1.29 is 19.1 Å². The zero-order valence-corrected chi connectivity index (χ0v) is 16.7. The van der Waals surface area contributed by atoms with Gasteiger partial charge in [-0.1, -0.05) is 0 Å². The monoisotopic (exact) mass is 399 g/mol. The number of hydrogen-bond acceptors (Lipinski definition) is 4. The summed E-state index contributed by atoms with van der Waals surface area (Å²) in [4.78, 5) is 29.9. The van der Waals surface area contributed by atoms with Gasteiger partial charge in [-0.3, -0.25) is 9.69 Å². The van der Waals surface area contributed by atoms with Crippen molar-refractivity contribution in [1.82, 2.24) is 4.90 Å². The summed E-state index contributed by atoms with van der Waals surface area (Å²) in [6, 6.07) is 12.8. The molecule has 0 atom stereocenters. The van der Waals surface area contributed by atoms with Crippen LogP contribution in [0.5, 0.6) is 0 Å². The molecule has 154 valence electrons. The highest BCUT2D eigenvalue weighted by atomic mass is 19.1. The molecule has 2 aromatic rings. The van der Waals surface area contributed by atoms with Gasteiger partial charge >= 0.3 is 5.97 Å². The number of hydrogen-bond donors (Lipinski definition) is 1. The van der Waals surface area contributed by atoms with Crippen LogP contribution in [0.15, 0.2) is 48.5 Å². The molecule has 1 aliphatic rings. The second-order valence-electron chi connectivity index (χ2n) is 7.45. The first-order chi connectivity index (χ1) is 13.8. The summed E-state index contributed by atoms with van der Waals surface area (Å²) >= 11 is 0. The van der Waals surface area contributed by atoms with E-state index < -0.39 is 5.97 Å². The lowest BCUT2D eigenvalue weighted by Crippen LogP contribution is -2.51. The Hall–Kier alpha value is -2.93. The molecule has 1 saturated heterocycles. The summed E-state index contributed by atoms with van der Waals surface area (Å²) in [5, 5.41) is 9.01. The predicted octanol–water partition coefficient (Wildman–Crippen LogP) is 3.09. The summed E-state index contributed by atoms with van der Waals surface area (Å²) < 4.78 is 13.2. The molecule has 1 N–H and O–H groups in total. The van der Waals surface area contributed by atoms with Crippen LogP contribution in [0.2, 0.25) is 0 Å². The Morgan fingerprint density at radius 3 is 2.10 bits per heavy atom. The minimum atomic E-state index is -0.934. The highest BCUT2D eigenvalue weighted by molar-refractivity contribution is 5.95. The molecule has 1 amide bonds. The molecular weight excluding hydrogens is 373 g/mol. The molecule has 7 heteroatoms. The second kappa shape index (κ2) is 9.05. The number of carbonyl (C=O) groups excluding carboxylic acids is 1. The van der Waals surface area contributed by atoms with Crippen molar-refractivity contribution in [2.45, 2.75) is 19.9 Å². The maximum atomic E-state index is 13.2. The first-order valence-electron chi connectivity index (χ1n) is 9.73. The molecule has 1 fully saturated rings. The van der Waals surface area contributed by atoms with Crippen LogP contribution >= 0.6 is 0 Å². The predicted molar refractivity (Wildman–Crippen MR) is 111 cm³/mol. The largest absolute Gasteiger partial charge is 0.478 e. The Morgan fingerprint density at radius 2 is 1.59 bits per heavy atom. The molecule has 29 heavy (non-hydrogen) atoms. The average Bonchev–Trinajstić information content (AvgIpc) is 2.70. The van der Waals surface area contributed by atoms with Crippen LogP contribution in [-0.2, 0) is 4.79 Å². The quantitative estimate of drug-likeness (QED) is 0.809. The number of benzene rings is 2. The van der Waals surface area contributed by atoms with E-state index in [-0.39, 0.29) is 23.3 Å². The number of aromatic carboxylic acids is 1. The third-order valence-corrected chi connectivity index (χ3v) is 5.10. The highest BCUT2D eigenvalue weighted by Gasteiger charge is 2.24. The van der Waals surface area contributed by atoms with Crippen LogP contribution in [0.3, 0.4) is 0 Å². The molecule has 0 saturated carbocycles. The van der Waals surface area contributed by atoms with Crippen molar-refractivity contribution in [2.75, 3.05) is 42.5 Å². The van der Waals surface area contributed by atoms with Crippen molar-refractivity contribution in [3.63, 3.8) is 0 Å². The van der Waals surface area contributed by atoms with Crippen molar-refractivity contribution in [3.8, 4) is 0 Å². The van der Waals surface area contributed by atoms with E-state index in [9.17, 15) is 14.0 Å². The summed E-state index contributed by atoms with van der Waals surface area (Å²) in [5.74, 6) is -1.26. The molecule has 0 spiro atoms. The van der Waals surface area contributed by atoms with Crippen LogP contribution in [0.25, 0.3) is 0 Å². The summed E-state index contributed by atoms with van der Waals surface area (Å²) in [6.07, 6.45) is 0. The molecule has 0 radical (unpaired) electrons. The third-order valence-electron chi connectivity index (χ3n) is 5.10. The second-order valence-corrected chi connectivity index (χ2v) is 7.45. The van der Waals surface area contributed by atoms with Crippen molar-refractivity contribution in [3.05, 3.63) is 59.9 Å². The lowest BCUT2D eigenvalue weighted by Gasteiger charge is -2.37. The van der Waals surface area contributed by atoms with Gasteiger partial charge in [0.15, 0.2) is 0 Å². The van der Waals surface area contributed by atoms with Crippen LogP contribution < -0.4 is 9.80 Å². The van der Waals surface area contributed by atoms with Gasteiger partial charge in [-0.15, -0.1) is 0 Å². The Kier molecular flexibility index (Phi) is 6.49. The minimum Gasteiger partial charge on any atom is -0.478 e. The van der Waals surface area contributed by atoms with Crippen molar-refractivity contribution in [2.24, 2.45) is 0 Å². The average molecular weight is 399 g/mol. The smallest absolute Gasteiger partial charge is 0.335 e. The molecule has 0 aliphatic carbocycles. The molecule has 0 bridgehead atoms. The van der Waals surface area contributed by atoms with E-state index in [1.54, 1.807) is 29.2 Å². The molecule has 6 nitrogen and oxygen atoms in total. The lowest BCUT2D eigenvalue weighted by atomic mass is 10.1. The van der Waals surface area contributed by atoms with Gasteiger partial charge in [0.1, 0.15) is 5.82 Å². The molecule has 1 aliphatic heterocycles. The van der Waals surface area contributed by atoms with Crippen LogP contribution in [0.4, 0.5) is 15.8 Å². The molecule has 0 aromatic heterocycles. The number of carbonyl (C=O) groups is 2. The number of amides is 1. The third kappa shape index (κ3) is 5.12. The highest BCUT2D eigenvalue weighted by Crippen LogP contribution is 2.20. The Labute approximate surface area is 170 Å². The fourth-order valence-corrected chi connectivity index (χ4v) is 3.58. The van der Waals surface area contributed by atoms with E-state index in [1.165, 1.54) is 12.1 Å². The molecular formula is C22H26FN3O3. The van der Waals surface area contributed by atoms with Gasteiger partial charge in [0.25, 0.3) is 0 Å². The SMILES string of the molecule is CC(C)N(C(=O)CN1CCN(c2ccc(C(=O)O)cc2)CC1)c1ccc(F)cc1. The Balaban J connectivity index is 1.58. The van der Waals surface area contributed by atoms with Crippen molar-refractivity contribution >= 4 is 23.3 Å². The fourth-order valence-electron chi connectivity index (χ4n) is 3.58. The first kappa shape index (κ1) is 20.8. The van der Waals surface area contributed by atoms with E-state index >= 15 is 0 Å². The molecule has 2 aromatic carbocycles. The summed E-state index contributed by atoms with van der Waals surface area (Å²) in [7, 11) is 0. The van der Waals surface area contributed by atoms with Gasteiger partial charge in [-0.25, -0.2) is 9.18 Å². The van der Waals surface area contributed by atoms with Gasteiger partial charge in [-0.2, -0.15) is 0 Å². The molecule has 1 heterocycles. The Morgan fingerprint density at radius 1 is 1.00 bits per heavy atom. The number of carboxylic acids is 1. The van der Waals surface area contributed by atoms with Gasteiger partial charge in [0, 0.05) is 43.6 Å². The molecule has 3 rings (SSSR count). The van der Waals surface area contributed by atoms with Gasteiger partial charge in [-0.05, 0) is 62.4 Å². The van der Waals surface area contributed by atoms with E-state index in [0.717, 1.165) is 31.9 Å². The van der Waals surface area contributed by atoms with Crippen LogP contribution in [0, 0.1) is 5.82 Å². The number of rotatable bonds is 6. The Bertz CT molecular complexity index is 845. The lowest BCUT2D eigenvalue weighted by molar-refractivity contribution is -0.120. The van der Waals surface area contributed by atoms with Crippen LogP contribution in [-0.4, -0.2) is 60.6 Å². The number of nitrogens with zero attached hydrogens (tertiary/aromatic N) is 3. The van der Waals surface area contributed by atoms with Crippen molar-refractivity contribution in [1.29, 1.82) is 0 Å². The zero-order valence-electron chi connectivity index (χ0n) is 16.7. The standard InChI is InChI=1S/C22H26FN3O3/c1-16(2)26(20-9-5-18(23)6-10-20)21(27)15-24-11-13-25(14-12-24)19-7-3-17(4-8-19)22(28)29/h3-10,16H,11-15H2,1-2H3,(H,28,29). The number of carboxylic acid groups (broad SMARTS) is 1. The zero-order chi connectivity index (χ0) is 21.0. The van der Waals surface area contributed by atoms with Gasteiger partial charge in [0.2, 0.25) is 5.91 Å². The van der Waals surface area contributed by atoms with E-state index in [0.29, 0.717) is 12.2 Å². The minimum absolute atomic E-state index is 0.00845. The molecule has 0 unspecified atom stereocenters. The normalized spacial score (nSPS) is 14.8. The summed E-state index contributed by atoms with van der Waals surface area (Å²) in [6.45, 7) is 7.20. The first-order valence-corrected chi connectivity index (χ1v) is 9.73. The van der Waals surface area contributed by atoms with E-state index in [4.69, 9.17) is 5.11 Å². The van der Waals surface area contributed by atoms with Crippen LogP contribution in [0.1, 0.15) is 24.2 Å². The number of piperazine rings is 1. The van der Waals surface area contributed by atoms with Gasteiger partial charge < -0.3 is 14.9 Å². The van der Waals surface area contributed by atoms with E-state index in [2.05, 4.69) is 9.80 Å². The maximum Gasteiger partial charge on any atom is 0.335 e. The van der Waals surface area contributed by atoms with Gasteiger partial charge in [0.05, 0.1) is 12.1 Å². The maximum absolute atomic E-state index is 13.2. The summed E-state index contributed by atoms with van der Waals surface area (Å²) in [5.41, 5.74) is 1.95. The van der Waals surface area contributed by atoms with E-state index in [1.807, 2.05) is 26.0 Å². The number of halogens is 1. The fraction of sp³-hybridized carbons (Fsp3) is 0.364. The topological polar surface area (TPSA) is 64.1 Å².